The second-order valence-corrected chi connectivity index (χ2v) is 25.4. The molecule has 1 saturated heterocycles. The summed E-state index contributed by atoms with van der Waals surface area (Å²) in [6, 6.07) is 33.5. The van der Waals surface area contributed by atoms with Gasteiger partial charge in [0.2, 0.25) is 0 Å². The molecule has 47 heavy (non-hydrogen) atoms. The van der Waals surface area contributed by atoms with Crippen molar-refractivity contribution >= 4 is 12.2 Å². The number of benzene rings is 4. The van der Waals surface area contributed by atoms with Gasteiger partial charge in [0.25, 0.3) is 0 Å². The minimum absolute atomic E-state index is 0. The average Bonchev–Trinajstić information content (AvgIpc) is 3.61. The maximum atomic E-state index is 2.67. The molecule has 0 spiro atoms. The maximum absolute atomic E-state index is 2.73. The van der Waals surface area contributed by atoms with Crippen molar-refractivity contribution in [1.29, 1.82) is 0 Å². The summed E-state index contributed by atoms with van der Waals surface area (Å²) in [4.78, 5) is 0. The van der Waals surface area contributed by atoms with Crippen LogP contribution >= 0.6 is 0 Å². The van der Waals surface area contributed by atoms with Crippen molar-refractivity contribution in [3.63, 3.8) is 0 Å². The molecule has 3 aliphatic rings. The van der Waals surface area contributed by atoms with Crippen LogP contribution in [0, 0.1) is 0 Å². The van der Waals surface area contributed by atoms with E-state index in [0.717, 1.165) is 12.8 Å². The van der Waals surface area contributed by atoms with E-state index in [-0.39, 0.29) is 24.8 Å². The first-order chi connectivity index (χ1) is 22.1. The van der Waals surface area contributed by atoms with Gasteiger partial charge in [-0.25, -0.2) is 0 Å². The molecule has 4 aromatic carbocycles. The summed E-state index contributed by atoms with van der Waals surface area (Å²) < 4.78 is 4.47. The second-order valence-electron chi connectivity index (χ2n) is 14.0. The quantitative estimate of drug-likeness (QED) is 0.145. The predicted octanol–water partition coefficient (Wildman–Crippen LogP) is 7.11. The van der Waals surface area contributed by atoms with Crippen molar-refractivity contribution < 1.29 is 45.1 Å². The summed E-state index contributed by atoms with van der Waals surface area (Å²) in [5, 5.41) is 0. The Balaban J connectivity index is 0.00000217. The Labute approximate surface area is 301 Å². The Hall–Kier alpha value is -2.18. The van der Waals surface area contributed by atoms with Crippen LogP contribution in [-0.2, 0) is 33.1 Å². The van der Waals surface area contributed by atoms with Crippen LogP contribution < -0.4 is 24.8 Å². The molecule has 2 atom stereocenters. The zero-order valence-corrected chi connectivity index (χ0v) is 32.7. The van der Waals surface area contributed by atoms with Gasteiger partial charge in [-0.3, -0.25) is 0 Å². The summed E-state index contributed by atoms with van der Waals surface area (Å²) in [5.74, 6) is 0. The van der Waals surface area contributed by atoms with E-state index in [1.165, 1.54) is 91.3 Å². The van der Waals surface area contributed by atoms with Crippen LogP contribution in [0.1, 0.15) is 107 Å². The fourth-order valence-electron chi connectivity index (χ4n) is 8.97. The van der Waals surface area contributed by atoms with Crippen LogP contribution in [0.3, 0.4) is 0 Å². The van der Waals surface area contributed by atoms with Crippen LogP contribution in [0.5, 0.6) is 0 Å². The van der Waals surface area contributed by atoms with Gasteiger partial charge in [-0.1, -0.05) is 0 Å². The minimum Gasteiger partial charge on any atom is -1.00 e. The zero-order valence-electron chi connectivity index (χ0n) is 28.7. The molecule has 0 nitrogen and oxygen atoms in total. The SMILES string of the molecule is CCCC1=Cc2c(-c3ccc(CCC)cc3)cccc2[CH]1[Zr+2]1([CH]2C(CCC)=Cc3c(-c4ccc(CCC)cc4)cccc32)[CH2][CH2]1.[Cl-].[Cl-]. The van der Waals surface area contributed by atoms with Gasteiger partial charge in [-0.2, -0.15) is 0 Å². The summed E-state index contributed by atoms with van der Waals surface area (Å²) in [6.45, 7) is 9.31. The van der Waals surface area contributed by atoms with Crippen molar-refractivity contribution in [3.8, 4) is 22.3 Å². The molecule has 0 bridgehead atoms. The third-order valence-electron chi connectivity index (χ3n) is 11.0. The maximum Gasteiger partial charge on any atom is -1.00 e. The summed E-state index contributed by atoms with van der Waals surface area (Å²) in [6.07, 6.45) is 15.0. The van der Waals surface area contributed by atoms with E-state index in [1.807, 2.05) is 0 Å². The molecule has 0 N–H and O–H groups in total. The van der Waals surface area contributed by atoms with Gasteiger partial charge in [0.1, 0.15) is 0 Å². The Morgan fingerprint density at radius 1 is 0.489 bits per heavy atom. The monoisotopic (exact) mass is 738 g/mol. The molecule has 4 aromatic rings. The van der Waals surface area contributed by atoms with Gasteiger partial charge in [0, 0.05) is 0 Å². The van der Waals surface area contributed by atoms with Gasteiger partial charge in [-0.15, -0.1) is 0 Å². The number of aryl methyl sites for hydroxylation is 2. The summed E-state index contributed by atoms with van der Waals surface area (Å²) in [7, 11) is 0. The molecule has 0 radical (unpaired) electrons. The summed E-state index contributed by atoms with van der Waals surface area (Å²) in [5.41, 5.74) is 18.5. The topological polar surface area (TPSA) is 0 Å². The average molecular weight is 741 g/mol. The van der Waals surface area contributed by atoms with Gasteiger partial charge in [0.05, 0.1) is 0 Å². The van der Waals surface area contributed by atoms with E-state index in [4.69, 9.17) is 0 Å². The first kappa shape index (κ1) is 36.1. The van der Waals surface area contributed by atoms with E-state index in [1.54, 1.807) is 22.3 Å². The smallest absolute Gasteiger partial charge is 1.00 e. The Morgan fingerprint density at radius 3 is 1.21 bits per heavy atom. The van der Waals surface area contributed by atoms with Crippen molar-refractivity contribution in [1.82, 2.24) is 0 Å². The van der Waals surface area contributed by atoms with Gasteiger partial charge in [-0.05, 0) is 0 Å². The van der Waals surface area contributed by atoms with Crippen LogP contribution in [0.25, 0.3) is 34.4 Å². The summed E-state index contributed by atoms with van der Waals surface area (Å²) >= 11 is -2.73. The molecule has 0 amide bonds. The van der Waals surface area contributed by atoms with Gasteiger partial charge < -0.3 is 24.8 Å². The Kier molecular flexibility index (Phi) is 12.0. The minimum atomic E-state index is -2.73. The van der Waals surface area contributed by atoms with E-state index in [0.29, 0.717) is 7.25 Å². The standard InChI is InChI=1S/2C21H23.C2H4.2ClH.Zr/c2*1-3-6-16-10-12-18(13-11-16)20-9-5-8-19-14-17(7-4-2)15-21(19)20;1-2;;;/h2*5,8-15H,3-4,6-7H2,1-2H3;1-2H2;2*1H;/q;;;;;+2/p-2. The predicted molar refractivity (Wildman–Crippen MR) is 193 cm³/mol. The fourth-order valence-corrected chi connectivity index (χ4v) is 26.6. The van der Waals surface area contributed by atoms with Crippen LogP contribution in [0.4, 0.5) is 0 Å². The van der Waals surface area contributed by atoms with E-state index in [9.17, 15) is 0 Å². The van der Waals surface area contributed by atoms with Crippen LogP contribution in [0.2, 0.25) is 8.26 Å². The van der Waals surface area contributed by atoms with Gasteiger partial charge in [0.15, 0.2) is 0 Å². The molecule has 7 rings (SSSR count). The number of fused-ring (bicyclic) bond motifs is 2. The number of rotatable bonds is 12. The van der Waals surface area contributed by atoms with Crippen molar-refractivity contribution in [2.75, 3.05) is 0 Å². The molecular formula is C44H50Cl2Zr. The normalized spacial score (nSPS) is 17.7. The third kappa shape index (κ3) is 6.72. The van der Waals surface area contributed by atoms with Crippen LogP contribution in [0.15, 0.2) is 96.1 Å². The number of allylic oxidation sites excluding steroid dienone is 2. The Bertz CT molecular complexity index is 1610. The molecule has 1 fully saturated rings. The largest absolute Gasteiger partial charge is 1.00 e. The molecular weight excluding hydrogens is 691 g/mol. The molecule has 244 valence electrons. The van der Waals surface area contributed by atoms with E-state index in [2.05, 4.69) is 125 Å². The number of hydrogen-bond donors (Lipinski definition) is 0. The Morgan fingerprint density at radius 2 is 0.872 bits per heavy atom. The van der Waals surface area contributed by atoms with Gasteiger partial charge >= 0.3 is 279 Å². The number of halogens is 2. The van der Waals surface area contributed by atoms with Crippen molar-refractivity contribution in [2.45, 2.75) is 94.6 Å². The fraction of sp³-hybridized carbons (Fsp3) is 0.364. The third-order valence-corrected chi connectivity index (χ3v) is 24.0. The van der Waals surface area contributed by atoms with Crippen LogP contribution in [-0.4, -0.2) is 0 Å². The first-order valence-corrected chi connectivity index (χ1v) is 24.3. The molecule has 2 aliphatic carbocycles. The molecule has 1 aliphatic heterocycles. The van der Waals surface area contributed by atoms with Crippen molar-refractivity contribution in [2.24, 2.45) is 0 Å². The molecule has 0 saturated carbocycles. The second kappa shape index (κ2) is 15.6. The van der Waals surface area contributed by atoms with E-state index >= 15 is 0 Å². The van der Waals surface area contributed by atoms with Crippen molar-refractivity contribution in [3.05, 3.63) is 129 Å². The molecule has 2 unspecified atom stereocenters. The zero-order chi connectivity index (χ0) is 31.0. The molecule has 0 aromatic heterocycles. The molecule has 3 heteroatoms. The molecule has 1 heterocycles. The van der Waals surface area contributed by atoms with E-state index < -0.39 is 20.3 Å². The first-order valence-electron chi connectivity index (χ1n) is 18.0. The number of hydrogen-bond acceptors (Lipinski definition) is 0.